The van der Waals surface area contributed by atoms with Gasteiger partial charge in [-0.15, -0.1) is 6.61 Å². The van der Waals surface area contributed by atoms with Crippen LogP contribution in [0.4, 0.5) is 0 Å². The molecule has 0 aromatic heterocycles. The van der Waals surface area contributed by atoms with Gasteiger partial charge in [0.15, 0.2) is 0 Å². The van der Waals surface area contributed by atoms with Crippen molar-refractivity contribution >= 4 is 0 Å². The Morgan fingerprint density at radius 3 is 2.20 bits per heavy atom. The Hall–Kier alpha value is -0.0800. The van der Waals surface area contributed by atoms with Crippen LogP contribution in [0.5, 0.6) is 0 Å². The zero-order valence-corrected chi connectivity index (χ0v) is 3.14. The van der Waals surface area contributed by atoms with E-state index in [9.17, 15) is 5.11 Å². The second-order valence-corrected chi connectivity index (χ2v) is 1.02. The summed E-state index contributed by atoms with van der Waals surface area (Å²) < 4.78 is 0. The first-order valence-electron chi connectivity index (χ1n) is 1.53. The second kappa shape index (κ2) is 2.18. The van der Waals surface area contributed by atoms with E-state index in [-0.39, 0.29) is 6.61 Å². The minimum atomic E-state index is -0.671. The molecule has 5 heavy (non-hydrogen) atoms. The van der Waals surface area contributed by atoms with Crippen molar-refractivity contribution < 1.29 is 10.2 Å². The summed E-state index contributed by atoms with van der Waals surface area (Å²) in [4.78, 5) is 0. The van der Waals surface area contributed by atoms with Crippen molar-refractivity contribution in [1.29, 1.82) is 0 Å². The van der Waals surface area contributed by atoms with Crippen molar-refractivity contribution in [2.75, 3.05) is 6.61 Å². The molecule has 0 spiro atoms. The molecule has 0 heterocycles. The third-order valence-electron chi connectivity index (χ3n) is 0.241. The average Bonchev–Trinajstić information content (AvgIpc) is 1.38. The van der Waals surface area contributed by atoms with Gasteiger partial charge in [0.25, 0.3) is 0 Å². The van der Waals surface area contributed by atoms with Gasteiger partial charge in [-0.2, -0.15) is 0 Å². The summed E-state index contributed by atoms with van der Waals surface area (Å²) in [6.45, 7) is 1.08. The molecule has 32 valence electrons. The zero-order valence-electron chi connectivity index (χ0n) is 3.14. The van der Waals surface area contributed by atoms with Gasteiger partial charge in [-0.05, 0) is 6.92 Å². The highest BCUT2D eigenvalue weighted by atomic mass is 16.3. The van der Waals surface area contributed by atoms with Gasteiger partial charge in [0.05, 0.1) is 0 Å². The molecule has 0 rings (SSSR count). The van der Waals surface area contributed by atoms with Crippen molar-refractivity contribution in [3.63, 3.8) is 0 Å². The van der Waals surface area contributed by atoms with Crippen LogP contribution in [0.1, 0.15) is 6.92 Å². The van der Waals surface area contributed by atoms with Crippen LogP contribution >= 0.6 is 0 Å². The average molecular weight is 75.1 g/mol. The fourth-order valence-corrected chi connectivity index (χ4v) is 0. The zero-order chi connectivity index (χ0) is 4.28. The van der Waals surface area contributed by atoms with E-state index in [2.05, 4.69) is 0 Å². The SMILES string of the molecule is CC(O)C[O-]. The molecule has 0 radical (unpaired) electrons. The Labute approximate surface area is 31.1 Å². The summed E-state index contributed by atoms with van der Waals surface area (Å²) in [6, 6.07) is 0. The molecule has 0 bridgehead atoms. The smallest absolute Gasteiger partial charge is 0.0359 e. The second-order valence-electron chi connectivity index (χ2n) is 1.02. The first-order chi connectivity index (χ1) is 2.27. The summed E-state index contributed by atoms with van der Waals surface area (Å²) in [7, 11) is 0. The molecule has 0 aromatic rings. The highest BCUT2D eigenvalue weighted by Gasteiger charge is 1.75. The Morgan fingerprint density at radius 2 is 2.20 bits per heavy atom. The first kappa shape index (κ1) is 4.92. The predicted octanol–water partition coefficient (Wildman–Crippen LogP) is -1.27. The van der Waals surface area contributed by atoms with E-state index in [4.69, 9.17) is 5.11 Å². The Bertz CT molecular complexity index is 18.9. The van der Waals surface area contributed by atoms with Crippen LogP contribution < -0.4 is 5.11 Å². The molecule has 0 saturated heterocycles. The van der Waals surface area contributed by atoms with E-state index >= 15 is 0 Å². The lowest BCUT2D eigenvalue weighted by Crippen LogP contribution is -2.18. The Kier molecular flexibility index (Phi) is 2.14. The molecule has 0 aromatic carbocycles. The van der Waals surface area contributed by atoms with Gasteiger partial charge < -0.3 is 10.2 Å². The summed E-state index contributed by atoms with van der Waals surface area (Å²) in [6.07, 6.45) is -0.671. The van der Waals surface area contributed by atoms with Crippen molar-refractivity contribution in [2.24, 2.45) is 0 Å². The molecular formula is C3H7O2-. The molecule has 1 unspecified atom stereocenters. The standard InChI is InChI=1S/C3H7O2/c1-3(5)2-4/h3,5H,2H2,1H3/q-1. The molecule has 0 aliphatic rings. The topological polar surface area (TPSA) is 43.3 Å². The van der Waals surface area contributed by atoms with E-state index in [0.29, 0.717) is 0 Å². The van der Waals surface area contributed by atoms with Gasteiger partial charge in [-0.3, -0.25) is 0 Å². The fourth-order valence-electron chi connectivity index (χ4n) is 0. The van der Waals surface area contributed by atoms with Gasteiger partial charge in [-0.1, -0.05) is 0 Å². The molecule has 1 N–H and O–H groups in total. The maximum absolute atomic E-state index is 9.38. The third kappa shape index (κ3) is 3.92. The molecular weight excluding hydrogens is 68.0 g/mol. The molecule has 0 saturated carbocycles. The molecule has 1 atom stereocenters. The maximum atomic E-state index is 9.38. The fraction of sp³-hybridized carbons (Fsp3) is 1.00. The van der Waals surface area contributed by atoms with Crippen LogP contribution in [0.15, 0.2) is 0 Å². The Morgan fingerprint density at radius 1 is 2.00 bits per heavy atom. The van der Waals surface area contributed by atoms with Crippen LogP contribution in [0, 0.1) is 0 Å². The van der Waals surface area contributed by atoms with Crippen molar-refractivity contribution in [2.45, 2.75) is 13.0 Å². The van der Waals surface area contributed by atoms with Crippen LogP contribution in [0.2, 0.25) is 0 Å². The van der Waals surface area contributed by atoms with Gasteiger partial charge in [0.1, 0.15) is 0 Å². The van der Waals surface area contributed by atoms with Gasteiger partial charge in [-0.25, -0.2) is 0 Å². The highest BCUT2D eigenvalue weighted by Crippen LogP contribution is 1.65. The molecule has 0 aliphatic heterocycles. The number of rotatable bonds is 1. The Balaban J connectivity index is 2.54. The number of hydrogen-bond acceptors (Lipinski definition) is 2. The van der Waals surface area contributed by atoms with E-state index in [0.717, 1.165) is 0 Å². The number of aliphatic hydroxyl groups excluding tert-OH is 1. The molecule has 2 nitrogen and oxygen atoms in total. The summed E-state index contributed by atoms with van der Waals surface area (Å²) in [5, 5.41) is 17.4. The lowest BCUT2D eigenvalue weighted by atomic mass is 10.5. The van der Waals surface area contributed by atoms with Crippen molar-refractivity contribution in [3.8, 4) is 0 Å². The van der Waals surface area contributed by atoms with Crippen molar-refractivity contribution in [3.05, 3.63) is 0 Å². The maximum Gasteiger partial charge on any atom is 0.0359 e. The third-order valence-corrected chi connectivity index (χ3v) is 0.241. The van der Waals surface area contributed by atoms with Crippen molar-refractivity contribution in [1.82, 2.24) is 0 Å². The monoisotopic (exact) mass is 75.0 g/mol. The largest absolute Gasteiger partial charge is 0.853 e. The van der Waals surface area contributed by atoms with Gasteiger partial charge in [0.2, 0.25) is 0 Å². The minimum Gasteiger partial charge on any atom is -0.853 e. The van der Waals surface area contributed by atoms with Crippen LogP contribution in [0.3, 0.4) is 0 Å². The summed E-state index contributed by atoms with van der Waals surface area (Å²) >= 11 is 0. The molecule has 0 amide bonds. The van der Waals surface area contributed by atoms with E-state index < -0.39 is 6.10 Å². The predicted molar refractivity (Wildman–Crippen MR) is 16.5 cm³/mol. The van der Waals surface area contributed by atoms with Gasteiger partial charge in [0, 0.05) is 6.10 Å². The molecule has 2 heteroatoms. The number of aliphatic hydroxyl groups is 1. The van der Waals surface area contributed by atoms with E-state index in [1.54, 1.807) is 0 Å². The van der Waals surface area contributed by atoms with E-state index in [1.807, 2.05) is 0 Å². The van der Waals surface area contributed by atoms with Crippen LogP contribution in [0.25, 0.3) is 0 Å². The quantitative estimate of drug-likeness (QED) is 0.422. The van der Waals surface area contributed by atoms with Gasteiger partial charge >= 0.3 is 0 Å². The molecule has 0 aliphatic carbocycles. The van der Waals surface area contributed by atoms with Crippen LogP contribution in [-0.2, 0) is 0 Å². The molecule has 0 fully saturated rings. The first-order valence-corrected chi connectivity index (χ1v) is 1.53. The normalized spacial score (nSPS) is 15.0. The van der Waals surface area contributed by atoms with E-state index in [1.165, 1.54) is 6.92 Å². The minimum absolute atomic E-state index is 0.389. The highest BCUT2D eigenvalue weighted by molar-refractivity contribution is 4.32. The number of hydrogen-bond donors (Lipinski definition) is 1. The lowest BCUT2D eigenvalue weighted by molar-refractivity contribution is -0.382. The summed E-state index contributed by atoms with van der Waals surface area (Å²) in [5.74, 6) is 0. The lowest BCUT2D eigenvalue weighted by Gasteiger charge is -2.02. The van der Waals surface area contributed by atoms with Crippen LogP contribution in [-0.4, -0.2) is 17.8 Å². The summed E-state index contributed by atoms with van der Waals surface area (Å²) in [5.41, 5.74) is 0.